The Hall–Kier alpha value is -1.18. The Morgan fingerprint density at radius 2 is 1.75 bits per heavy atom. The highest BCUT2D eigenvalue weighted by atomic mass is 16.7. The minimum Gasteiger partial charge on any atom is -0.450 e. The summed E-state index contributed by atoms with van der Waals surface area (Å²) >= 11 is 0. The van der Waals surface area contributed by atoms with Crippen LogP contribution in [-0.4, -0.2) is 58.4 Å². The molecule has 7 heteroatoms. The van der Waals surface area contributed by atoms with Crippen LogP contribution in [0.4, 0.5) is 0 Å². The van der Waals surface area contributed by atoms with Crippen LogP contribution in [0.5, 0.6) is 0 Å². The normalized spacial score (nSPS) is 34.3. The molecule has 0 aromatic heterocycles. The topological polar surface area (TPSA) is 80.3 Å². The Bertz CT molecular complexity index is 254. The summed E-state index contributed by atoms with van der Waals surface area (Å²) in [5.41, 5.74) is 0. The van der Waals surface area contributed by atoms with Gasteiger partial charge in [-0.25, -0.2) is 4.79 Å². The second kappa shape index (κ2) is 5.78. The average molecular weight is 234 g/mol. The van der Waals surface area contributed by atoms with E-state index in [4.69, 9.17) is 18.9 Å². The minimum atomic E-state index is -1.14. The molecule has 1 aliphatic rings. The van der Waals surface area contributed by atoms with Gasteiger partial charge in [-0.05, 0) is 0 Å². The van der Waals surface area contributed by atoms with Crippen LogP contribution < -0.4 is 0 Å². The quantitative estimate of drug-likeness (QED) is 0.450. The van der Waals surface area contributed by atoms with Crippen molar-refractivity contribution in [2.75, 3.05) is 21.3 Å². The van der Waals surface area contributed by atoms with Gasteiger partial charge in [-0.15, -0.1) is 0 Å². The Morgan fingerprint density at radius 1 is 1.12 bits per heavy atom. The average Bonchev–Trinajstić information content (AvgIpc) is 2.30. The SMILES string of the molecule is CO[C@@H]1OC(=O)[C@@H](OC=O)[C@@H](OC)[C@@H]1OC. The molecule has 0 amide bonds. The first-order chi connectivity index (χ1) is 7.69. The van der Waals surface area contributed by atoms with E-state index in [1.807, 2.05) is 0 Å². The van der Waals surface area contributed by atoms with E-state index in [0.717, 1.165) is 0 Å². The summed E-state index contributed by atoms with van der Waals surface area (Å²) in [5, 5.41) is 0. The van der Waals surface area contributed by atoms with E-state index < -0.39 is 30.6 Å². The molecule has 92 valence electrons. The summed E-state index contributed by atoms with van der Waals surface area (Å²) in [6.45, 7) is 0.164. The number of methoxy groups -OCH3 is 3. The molecule has 0 radical (unpaired) electrons. The fraction of sp³-hybridized carbons (Fsp3) is 0.778. The van der Waals surface area contributed by atoms with Crippen molar-refractivity contribution >= 4 is 12.4 Å². The van der Waals surface area contributed by atoms with E-state index in [1.54, 1.807) is 0 Å². The van der Waals surface area contributed by atoms with Crippen molar-refractivity contribution in [2.24, 2.45) is 0 Å². The van der Waals surface area contributed by atoms with E-state index in [-0.39, 0.29) is 6.47 Å². The monoisotopic (exact) mass is 234 g/mol. The third-order valence-electron chi connectivity index (χ3n) is 2.33. The molecule has 0 aromatic rings. The van der Waals surface area contributed by atoms with Gasteiger partial charge in [0.1, 0.15) is 12.2 Å². The van der Waals surface area contributed by atoms with Crippen molar-refractivity contribution in [1.82, 2.24) is 0 Å². The Labute approximate surface area is 92.5 Å². The zero-order valence-corrected chi connectivity index (χ0v) is 9.24. The Balaban J connectivity index is 2.87. The van der Waals surface area contributed by atoms with Gasteiger partial charge in [-0.1, -0.05) is 0 Å². The van der Waals surface area contributed by atoms with Gasteiger partial charge in [0, 0.05) is 21.3 Å². The van der Waals surface area contributed by atoms with Gasteiger partial charge in [0.05, 0.1) is 0 Å². The van der Waals surface area contributed by atoms with E-state index in [0.29, 0.717) is 0 Å². The minimum absolute atomic E-state index is 0.164. The standard InChI is InChI=1S/C9H14O7/c1-12-5-6(15-4-10)8(11)16-9(14-3)7(5)13-2/h4-7,9H,1-3H3/t5-,6+,7+,9-/m1/s1. The molecule has 0 aliphatic carbocycles. The van der Waals surface area contributed by atoms with Crippen molar-refractivity contribution in [3.63, 3.8) is 0 Å². The Morgan fingerprint density at radius 3 is 2.19 bits per heavy atom. The number of hydrogen-bond acceptors (Lipinski definition) is 7. The fourth-order valence-corrected chi connectivity index (χ4v) is 1.59. The zero-order valence-electron chi connectivity index (χ0n) is 9.24. The summed E-state index contributed by atoms with van der Waals surface area (Å²) in [6.07, 6.45) is -3.44. The molecule has 1 rings (SSSR count). The van der Waals surface area contributed by atoms with Crippen LogP contribution in [0.3, 0.4) is 0 Å². The highest BCUT2D eigenvalue weighted by Gasteiger charge is 2.48. The predicted octanol–water partition coefficient (Wildman–Crippen LogP) is -0.913. The van der Waals surface area contributed by atoms with Crippen molar-refractivity contribution in [1.29, 1.82) is 0 Å². The molecule has 0 N–H and O–H groups in total. The van der Waals surface area contributed by atoms with Crippen LogP contribution in [0, 0.1) is 0 Å². The van der Waals surface area contributed by atoms with Crippen LogP contribution >= 0.6 is 0 Å². The second-order valence-electron chi connectivity index (χ2n) is 3.09. The molecule has 0 aromatic carbocycles. The predicted molar refractivity (Wildman–Crippen MR) is 49.4 cm³/mol. The number of carbonyl (C=O) groups is 2. The van der Waals surface area contributed by atoms with E-state index >= 15 is 0 Å². The van der Waals surface area contributed by atoms with Crippen molar-refractivity contribution in [2.45, 2.75) is 24.6 Å². The number of esters is 1. The third-order valence-corrected chi connectivity index (χ3v) is 2.33. The molecule has 0 spiro atoms. The first kappa shape index (κ1) is 12.9. The lowest BCUT2D eigenvalue weighted by atomic mass is 10.0. The lowest BCUT2D eigenvalue weighted by Crippen LogP contribution is -2.58. The molecule has 0 unspecified atom stereocenters. The number of ether oxygens (including phenoxy) is 5. The maximum Gasteiger partial charge on any atom is 0.352 e. The molecular weight excluding hydrogens is 220 g/mol. The maximum atomic E-state index is 11.5. The fourth-order valence-electron chi connectivity index (χ4n) is 1.59. The highest BCUT2D eigenvalue weighted by Crippen LogP contribution is 2.23. The lowest BCUT2D eigenvalue weighted by molar-refractivity contribution is -0.259. The summed E-state index contributed by atoms with van der Waals surface area (Å²) in [6, 6.07) is 0. The van der Waals surface area contributed by atoms with Gasteiger partial charge < -0.3 is 23.7 Å². The van der Waals surface area contributed by atoms with E-state index in [1.165, 1.54) is 21.3 Å². The molecule has 4 atom stereocenters. The molecule has 1 fully saturated rings. The second-order valence-corrected chi connectivity index (χ2v) is 3.09. The molecule has 7 nitrogen and oxygen atoms in total. The van der Waals surface area contributed by atoms with Gasteiger partial charge in [-0.2, -0.15) is 0 Å². The van der Waals surface area contributed by atoms with Crippen LogP contribution in [-0.2, 0) is 33.3 Å². The van der Waals surface area contributed by atoms with Gasteiger partial charge in [-0.3, -0.25) is 4.79 Å². The van der Waals surface area contributed by atoms with Gasteiger partial charge in [0.15, 0.2) is 0 Å². The Kier molecular flexibility index (Phi) is 4.66. The molecule has 0 bridgehead atoms. The molecular formula is C9H14O7. The number of carbonyl (C=O) groups excluding carboxylic acids is 2. The summed E-state index contributed by atoms with van der Waals surface area (Å²) in [7, 11) is 4.17. The zero-order chi connectivity index (χ0) is 12.1. The summed E-state index contributed by atoms with van der Waals surface area (Å²) < 4.78 is 24.6. The van der Waals surface area contributed by atoms with Crippen molar-refractivity contribution in [3.05, 3.63) is 0 Å². The van der Waals surface area contributed by atoms with Crippen LogP contribution in [0.25, 0.3) is 0 Å². The van der Waals surface area contributed by atoms with Gasteiger partial charge >= 0.3 is 5.97 Å². The van der Waals surface area contributed by atoms with Crippen molar-refractivity contribution < 1.29 is 33.3 Å². The summed E-state index contributed by atoms with van der Waals surface area (Å²) in [5.74, 6) is -0.723. The van der Waals surface area contributed by atoms with E-state index in [9.17, 15) is 9.59 Å². The molecule has 16 heavy (non-hydrogen) atoms. The van der Waals surface area contributed by atoms with Crippen LogP contribution in [0.2, 0.25) is 0 Å². The summed E-state index contributed by atoms with van der Waals surface area (Å²) in [4.78, 5) is 21.7. The van der Waals surface area contributed by atoms with Gasteiger partial charge in [0.25, 0.3) is 6.47 Å². The maximum absolute atomic E-state index is 11.5. The van der Waals surface area contributed by atoms with Crippen LogP contribution in [0.1, 0.15) is 0 Å². The molecule has 1 saturated heterocycles. The smallest absolute Gasteiger partial charge is 0.352 e. The number of cyclic esters (lactones) is 1. The lowest BCUT2D eigenvalue weighted by Gasteiger charge is -2.37. The third kappa shape index (κ3) is 2.31. The molecule has 1 aliphatic heterocycles. The highest BCUT2D eigenvalue weighted by molar-refractivity contribution is 5.78. The first-order valence-electron chi connectivity index (χ1n) is 4.57. The number of hydrogen-bond donors (Lipinski definition) is 0. The molecule has 0 saturated carbocycles. The van der Waals surface area contributed by atoms with Crippen molar-refractivity contribution in [3.8, 4) is 0 Å². The van der Waals surface area contributed by atoms with Gasteiger partial charge in [0.2, 0.25) is 12.4 Å². The molecule has 1 heterocycles. The van der Waals surface area contributed by atoms with E-state index in [2.05, 4.69) is 4.74 Å². The first-order valence-corrected chi connectivity index (χ1v) is 4.57. The largest absolute Gasteiger partial charge is 0.450 e. The number of rotatable bonds is 5. The van der Waals surface area contributed by atoms with Crippen LogP contribution in [0.15, 0.2) is 0 Å².